The Bertz CT molecular complexity index is 266. The van der Waals surface area contributed by atoms with Crippen molar-refractivity contribution in [1.82, 2.24) is 10.2 Å². The Labute approximate surface area is 102 Å². The van der Waals surface area contributed by atoms with Gasteiger partial charge in [0.2, 0.25) is 0 Å². The number of carbonyl (C=O) groups is 2. The maximum absolute atomic E-state index is 11.6. The molecule has 0 bridgehead atoms. The lowest BCUT2D eigenvalue weighted by atomic mass is 10.1. The fraction of sp³-hybridized carbons (Fsp3) is 0.818. The van der Waals surface area contributed by atoms with Gasteiger partial charge in [0.1, 0.15) is 5.54 Å². The monoisotopic (exact) mass is 246 g/mol. The van der Waals surface area contributed by atoms with Crippen LogP contribution in [0.4, 0.5) is 4.79 Å². The number of methoxy groups -OCH3 is 1. The number of hydrogen-bond donors (Lipinski definition) is 2. The quantitative estimate of drug-likeness (QED) is 0.655. The van der Waals surface area contributed by atoms with E-state index in [2.05, 4.69) is 5.32 Å². The van der Waals surface area contributed by atoms with Crippen LogP contribution >= 0.6 is 0 Å². The summed E-state index contributed by atoms with van der Waals surface area (Å²) < 4.78 is 4.88. The van der Waals surface area contributed by atoms with Gasteiger partial charge in [-0.15, -0.1) is 0 Å². The highest BCUT2D eigenvalue weighted by Crippen LogP contribution is 2.12. The van der Waals surface area contributed by atoms with E-state index in [1.54, 1.807) is 7.11 Å². The van der Waals surface area contributed by atoms with E-state index < -0.39 is 11.5 Å². The van der Waals surface area contributed by atoms with E-state index in [0.29, 0.717) is 13.2 Å². The molecule has 0 unspecified atom stereocenters. The Morgan fingerprint density at radius 2 is 1.94 bits per heavy atom. The van der Waals surface area contributed by atoms with Crippen LogP contribution in [0, 0.1) is 0 Å². The van der Waals surface area contributed by atoms with Gasteiger partial charge in [-0.2, -0.15) is 0 Å². The van der Waals surface area contributed by atoms with E-state index in [-0.39, 0.29) is 6.03 Å². The summed E-state index contributed by atoms with van der Waals surface area (Å²) in [7, 11) is 3.10. The van der Waals surface area contributed by atoms with Crippen LogP contribution in [-0.4, -0.2) is 54.9 Å². The number of nitrogens with one attached hydrogen (secondary N) is 1. The van der Waals surface area contributed by atoms with E-state index in [4.69, 9.17) is 9.84 Å². The summed E-state index contributed by atoms with van der Waals surface area (Å²) in [5.74, 6) is -1.03. The fourth-order valence-electron chi connectivity index (χ4n) is 1.08. The fourth-order valence-corrected chi connectivity index (χ4v) is 1.08. The van der Waals surface area contributed by atoms with Crippen molar-refractivity contribution in [1.29, 1.82) is 0 Å². The molecule has 6 heteroatoms. The first-order valence-corrected chi connectivity index (χ1v) is 5.58. The molecule has 0 heterocycles. The zero-order valence-corrected chi connectivity index (χ0v) is 10.9. The number of likely N-dealkylation sites (N-methyl/N-ethyl adjacent to an activating group) is 1. The highest BCUT2D eigenvalue weighted by molar-refractivity contribution is 5.85. The number of ether oxygens (including phenoxy) is 1. The largest absolute Gasteiger partial charge is 0.480 e. The molecule has 100 valence electrons. The smallest absolute Gasteiger partial charge is 0.329 e. The Balaban J connectivity index is 4.02. The summed E-state index contributed by atoms with van der Waals surface area (Å²) in [4.78, 5) is 23.8. The molecule has 0 aliphatic carbocycles. The lowest BCUT2D eigenvalue weighted by Crippen LogP contribution is -2.54. The van der Waals surface area contributed by atoms with Gasteiger partial charge in [0, 0.05) is 27.3 Å². The number of hydrogen-bond acceptors (Lipinski definition) is 3. The molecule has 6 nitrogen and oxygen atoms in total. The molecule has 0 aliphatic heterocycles. The summed E-state index contributed by atoms with van der Waals surface area (Å²) in [6, 6.07) is -0.380. The lowest BCUT2D eigenvalue weighted by Gasteiger charge is -2.31. The molecular weight excluding hydrogens is 224 g/mol. The molecule has 0 saturated heterocycles. The van der Waals surface area contributed by atoms with Gasteiger partial charge < -0.3 is 20.1 Å². The highest BCUT2D eigenvalue weighted by atomic mass is 16.5. The molecule has 17 heavy (non-hydrogen) atoms. The number of unbranched alkanes of at least 4 members (excludes halogenated alkanes) is 1. The highest BCUT2D eigenvalue weighted by Gasteiger charge is 2.34. The van der Waals surface area contributed by atoms with Gasteiger partial charge in [-0.05, 0) is 26.7 Å². The molecule has 0 atom stereocenters. The molecule has 0 saturated carbocycles. The Morgan fingerprint density at radius 1 is 1.35 bits per heavy atom. The van der Waals surface area contributed by atoms with Gasteiger partial charge in [0.15, 0.2) is 0 Å². The summed E-state index contributed by atoms with van der Waals surface area (Å²) >= 11 is 0. The minimum absolute atomic E-state index is 0.380. The van der Waals surface area contributed by atoms with Gasteiger partial charge in [0.05, 0.1) is 0 Å². The number of urea groups is 1. The normalized spacial score (nSPS) is 11.1. The van der Waals surface area contributed by atoms with Crippen molar-refractivity contribution in [2.75, 3.05) is 27.3 Å². The van der Waals surface area contributed by atoms with Crippen LogP contribution in [0.3, 0.4) is 0 Å². The zero-order chi connectivity index (χ0) is 13.5. The molecule has 2 amide bonds. The van der Waals surface area contributed by atoms with Gasteiger partial charge in [-0.25, -0.2) is 9.59 Å². The Morgan fingerprint density at radius 3 is 2.41 bits per heavy atom. The van der Waals surface area contributed by atoms with Crippen LogP contribution in [0.2, 0.25) is 0 Å². The van der Waals surface area contributed by atoms with Crippen LogP contribution < -0.4 is 5.32 Å². The van der Waals surface area contributed by atoms with Crippen molar-refractivity contribution < 1.29 is 19.4 Å². The second-order valence-corrected chi connectivity index (χ2v) is 4.36. The predicted octanol–water partition coefficient (Wildman–Crippen LogP) is 0.918. The molecule has 0 aromatic carbocycles. The molecule has 0 rings (SSSR count). The molecule has 2 N–H and O–H groups in total. The molecule has 0 aliphatic rings. The summed E-state index contributed by atoms with van der Waals surface area (Å²) in [6.07, 6.45) is 1.67. The van der Waals surface area contributed by atoms with Crippen molar-refractivity contribution in [2.45, 2.75) is 32.2 Å². The third kappa shape index (κ3) is 5.04. The van der Waals surface area contributed by atoms with Crippen molar-refractivity contribution in [3.05, 3.63) is 0 Å². The lowest BCUT2D eigenvalue weighted by molar-refractivity contribution is -0.146. The van der Waals surface area contributed by atoms with Gasteiger partial charge in [-0.1, -0.05) is 0 Å². The van der Waals surface area contributed by atoms with Crippen LogP contribution in [0.25, 0.3) is 0 Å². The van der Waals surface area contributed by atoms with Crippen molar-refractivity contribution in [3.8, 4) is 0 Å². The average molecular weight is 246 g/mol. The minimum Gasteiger partial charge on any atom is -0.480 e. The zero-order valence-electron chi connectivity index (χ0n) is 10.9. The molecule has 0 fully saturated rings. The van der Waals surface area contributed by atoms with Crippen LogP contribution in [0.1, 0.15) is 26.7 Å². The van der Waals surface area contributed by atoms with Crippen molar-refractivity contribution >= 4 is 12.0 Å². The first kappa shape index (κ1) is 15.7. The molecular formula is C11H22N2O4. The Kier molecular flexibility index (Phi) is 6.57. The first-order valence-electron chi connectivity index (χ1n) is 5.58. The van der Waals surface area contributed by atoms with Crippen molar-refractivity contribution in [2.24, 2.45) is 0 Å². The van der Waals surface area contributed by atoms with Crippen LogP contribution in [0.5, 0.6) is 0 Å². The summed E-state index contributed by atoms with van der Waals surface area (Å²) in [6.45, 7) is 4.15. The topological polar surface area (TPSA) is 78.9 Å². The van der Waals surface area contributed by atoms with Gasteiger partial charge in [0.25, 0.3) is 0 Å². The second kappa shape index (κ2) is 7.11. The average Bonchev–Trinajstić information content (AvgIpc) is 2.27. The number of carboxylic acid groups (broad SMARTS) is 1. The van der Waals surface area contributed by atoms with E-state index >= 15 is 0 Å². The summed E-state index contributed by atoms with van der Waals surface area (Å²) in [5.41, 5.74) is -1.21. The molecule has 0 aromatic rings. The number of rotatable bonds is 7. The van der Waals surface area contributed by atoms with Crippen LogP contribution in [0.15, 0.2) is 0 Å². The van der Waals surface area contributed by atoms with Gasteiger partial charge >= 0.3 is 12.0 Å². The molecule has 0 spiro atoms. The standard InChI is InChI=1S/C11H22N2O4/c1-11(2,9(14)15)13(3)10(16)12-7-5-6-8-17-4/h5-8H2,1-4H3,(H,12,16)(H,14,15). The third-order valence-corrected chi connectivity index (χ3v) is 2.72. The second-order valence-electron chi connectivity index (χ2n) is 4.36. The predicted molar refractivity (Wildman–Crippen MR) is 64.0 cm³/mol. The number of carbonyl (C=O) groups excluding carboxylic acids is 1. The number of aliphatic carboxylic acids is 1. The maximum atomic E-state index is 11.6. The molecule has 0 radical (unpaired) electrons. The number of nitrogens with zero attached hydrogens (tertiary/aromatic N) is 1. The summed E-state index contributed by atoms with van der Waals surface area (Å²) in [5, 5.41) is 11.6. The number of amides is 2. The Hall–Kier alpha value is -1.30. The molecule has 0 aromatic heterocycles. The first-order chi connectivity index (χ1) is 7.84. The van der Waals surface area contributed by atoms with E-state index in [0.717, 1.165) is 12.8 Å². The van der Waals surface area contributed by atoms with E-state index in [1.807, 2.05) is 0 Å². The van der Waals surface area contributed by atoms with Crippen molar-refractivity contribution in [3.63, 3.8) is 0 Å². The maximum Gasteiger partial charge on any atom is 0.329 e. The van der Waals surface area contributed by atoms with Crippen LogP contribution in [-0.2, 0) is 9.53 Å². The number of carboxylic acids is 1. The SMILES string of the molecule is COCCCCNC(=O)N(C)C(C)(C)C(=O)O. The minimum atomic E-state index is -1.21. The van der Waals surface area contributed by atoms with E-state index in [9.17, 15) is 9.59 Å². The third-order valence-electron chi connectivity index (χ3n) is 2.72. The van der Waals surface area contributed by atoms with Gasteiger partial charge in [-0.3, -0.25) is 0 Å². The van der Waals surface area contributed by atoms with E-state index in [1.165, 1.54) is 25.8 Å².